The van der Waals surface area contributed by atoms with Crippen molar-refractivity contribution in [1.29, 1.82) is 0 Å². The average Bonchev–Trinajstić information content (AvgIpc) is 2.68. The summed E-state index contributed by atoms with van der Waals surface area (Å²) in [4.78, 5) is 12.8. The van der Waals surface area contributed by atoms with Crippen molar-refractivity contribution in [1.82, 2.24) is 0 Å². The lowest BCUT2D eigenvalue weighted by Crippen LogP contribution is -2.17. The van der Waals surface area contributed by atoms with Crippen LogP contribution in [0.3, 0.4) is 0 Å². The summed E-state index contributed by atoms with van der Waals surface area (Å²) in [6.45, 7) is 6.54. The summed E-state index contributed by atoms with van der Waals surface area (Å²) in [5.74, 6) is -0.360. The number of benzene rings is 3. The van der Waals surface area contributed by atoms with Crippen LogP contribution in [0.25, 0.3) is 0 Å². The molecule has 144 valence electrons. The van der Waals surface area contributed by atoms with Crippen molar-refractivity contribution in [3.8, 4) is 0 Å². The second kappa shape index (κ2) is 8.39. The van der Waals surface area contributed by atoms with Gasteiger partial charge >= 0.3 is 0 Å². The molecule has 0 unspecified atom stereocenters. The van der Waals surface area contributed by atoms with Crippen LogP contribution < -0.4 is 5.32 Å². The van der Waals surface area contributed by atoms with E-state index >= 15 is 0 Å². The van der Waals surface area contributed by atoms with Crippen molar-refractivity contribution < 1.29 is 9.18 Å². The normalized spacial score (nSPS) is 12.4. The van der Waals surface area contributed by atoms with Crippen LogP contribution in [0.15, 0.2) is 78.9 Å². The van der Waals surface area contributed by atoms with Crippen molar-refractivity contribution in [2.45, 2.75) is 38.6 Å². The Morgan fingerprint density at radius 1 is 0.893 bits per heavy atom. The highest BCUT2D eigenvalue weighted by molar-refractivity contribution is 5.96. The van der Waals surface area contributed by atoms with Crippen molar-refractivity contribution in [3.63, 3.8) is 0 Å². The van der Waals surface area contributed by atoms with Gasteiger partial charge in [-0.25, -0.2) is 4.39 Å². The molecule has 3 aromatic carbocycles. The molecule has 0 aliphatic heterocycles. The average molecular weight is 375 g/mol. The van der Waals surface area contributed by atoms with E-state index in [1.165, 1.54) is 17.7 Å². The molecule has 0 aliphatic rings. The van der Waals surface area contributed by atoms with Gasteiger partial charge in [-0.3, -0.25) is 4.79 Å². The molecule has 1 atom stereocenters. The Balaban J connectivity index is 1.86. The van der Waals surface area contributed by atoms with E-state index in [1.807, 2.05) is 30.3 Å². The number of hydrogen-bond donors (Lipinski definition) is 1. The molecule has 0 saturated heterocycles. The van der Waals surface area contributed by atoms with E-state index in [9.17, 15) is 9.18 Å². The first-order valence-electron chi connectivity index (χ1n) is 9.54. The molecule has 0 saturated carbocycles. The van der Waals surface area contributed by atoms with Crippen LogP contribution in [0.2, 0.25) is 0 Å². The largest absolute Gasteiger partial charge is 0.378 e. The number of nitrogens with one attached hydrogen (secondary N) is 1. The third kappa shape index (κ3) is 5.07. The number of para-hydroxylation sites is 1. The monoisotopic (exact) mass is 375 g/mol. The van der Waals surface area contributed by atoms with E-state index in [-0.39, 0.29) is 29.5 Å². The summed E-state index contributed by atoms with van der Waals surface area (Å²) >= 11 is 0. The zero-order chi connectivity index (χ0) is 20.1. The number of hydrogen-bond acceptors (Lipinski definition) is 2. The Morgan fingerprint density at radius 2 is 1.50 bits per heavy atom. The summed E-state index contributed by atoms with van der Waals surface area (Å²) in [5, 5.41) is 3.47. The molecule has 28 heavy (non-hydrogen) atoms. The van der Waals surface area contributed by atoms with E-state index in [0.29, 0.717) is 5.56 Å². The van der Waals surface area contributed by atoms with Crippen LogP contribution in [0, 0.1) is 5.82 Å². The van der Waals surface area contributed by atoms with Gasteiger partial charge in [-0.05, 0) is 52.9 Å². The Morgan fingerprint density at radius 3 is 2.07 bits per heavy atom. The highest BCUT2D eigenvalue weighted by Gasteiger charge is 2.19. The van der Waals surface area contributed by atoms with Crippen LogP contribution in [0.4, 0.5) is 10.1 Å². The van der Waals surface area contributed by atoms with Gasteiger partial charge in [0, 0.05) is 17.7 Å². The number of rotatable bonds is 6. The van der Waals surface area contributed by atoms with Gasteiger partial charge in [-0.2, -0.15) is 0 Å². The quantitative estimate of drug-likeness (QED) is 0.495. The van der Waals surface area contributed by atoms with Crippen molar-refractivity contribution in [2.24, 2.45) is 0 Å². The lowest BCUT2D eigenvalue weighted by Gasteiger charge is -2.23. The number of ketones is 1. The fraction of sp³-hybridized carbons (Fsp3) is 0.240. The summed E-state index contributed by atoms with van der Waals surface area (Å²) in [7, 11) is 0. The lowest BCUT2D eigenvalue weighted by molar-refractivity contribution is 0.0976. The molecule has 0 bridgehead atoms. The van der Waals surface area contributed by atoms with E-state index in [1.54, 1.807) is 12.1 Å². The van der Waals surface area contributed by atoms with Crippen molar-refractivity contribution in [2.75, 3.05) is 5.32 Å². The van der Waals surface area contributed by atoms with Crippen LogP contribution >= 0.6 is 0 Å². The van der Waals surface area contributed by atoms with E-state index < -0.39 is 0 Å². The standard InChI is InChI=1S/C25H26FNO/c1-25(2,3)20-13-9-18(10-14-20)23(27-22-7-5-4-6-8-22)17-24(28)19-11-15-21(26)16-12-19/h4-16,23,27H,17H2,1-3H3/t23-/m0/s1. The van der Waals surface area contributed by atoms with Gasteiger partial charge < -0.3 is 5.32 Å². The van der Waals surface area contributed by atoms with Crippen molar-refractivity contribution in [3.05, 3.63) is 101 Å². The Kier molecular flexibility index (Phi) is 5.93. The molecular formula is C25H26FNO. The molecule has 0 heterocycles. The van der Waals surface area contributed by atoms with Gasteiger partial charge in [0.2, 0.25) is 0 Å². The van der Waals surface area contributed by atoms with Crippen molar-refractivity contribution >= 4 is 11.5 Å². The van der Waals surface area contributed by atoms with E-state index in [0.717, 1.165) is 11.3 Å². The van der Waals surface area contributed by atoms with Gasteiger partial charge in [-0.1, -0.05) is 63.2 Å². The minimum atomic E-state index is -0.340. The number of halogens is 1. The molecule has 0 radical (unpaired) electrons. The third-order valence-corrected chi connectivity index (χ3v) is 4.85. The first-order chi connectivity index (χ1) is 13.3. The highest BCUT2D eigenvalue weighted by atomic mass is 19.1. The molecule has 0 aliphatic carbocycles. The fourth-order valence-electron chi connectivity index (χ4n) is 3.14. The molecule has 3 rings (SSSR count). The zero-order valence-electron chi connectivity index (χ0n) is 16.6. The molecule has 3 aromatic rings. The van der Waals surface area contributed by atoms with Gasteiger partial charge in [0.25, 0.3) is 0 Å². The van der Waals surface area contributed by atoms with Gasteiger partial charge in [0.15, 0.2) is 5.78 Å². The topological polar surface area (TPSA) is 29.1 Å². The molecular weight excluding hydrogens is 349 g/mol. The maximum Gasteiger partial charge on any atom is 0.165 e. The van der Waals surface area contributed by atoms with E-state index in [2.05, 4.69) is 50.4 Å². The molecule has 2 nitrogen and oxygen atoms in total. The van der Waals surface area contributed by atoms with Crippen LogP contribution in [-0.2, 0) is 5.41 Å². The number of anilines is 1. The molecule has 3 heteroatoms. The van der Waals surface area contributed by atoms with E-state index in [4.69, 9.17) is 0 Å². The summed E-state index contributed by atoms with van der Waals surface area (Å²) in [5.41, 5.74) is 3.85. The van der Waals surface area contributed by atoms with Crippen LogP contribution in [-0.4, -0.2) is 5.78 Å². The molecule has 1 N–H and O–H groups in total. The van der Waals surface area contributed by atoms with Gasteiger partial charge in [0.1, 0.15) is 5.82 Å². The first-order valence-corrected chi connectivity index (χ1v) is 9.54. The predicted molar refractivity (Wildman–Crippen MR) is 113 cm³/mol. The molecule has 0 spiro atoms. The number of carbonyl (C=O) groups is 1. The summed E-state index contributed by atoms with van der Waals surface area (Å²) < 4.78 is 13.2. The highest BCUT2D eigenvalue weighted by Crippen LogP contribution is 2.28. The second-order valence-electron chi connectivity index (χ2n) is 8.07. The zero-order valence-corrected chi connectivity index (χ0v) is 16.6. The smallest absolute Gasteiger partial charge is 0.165 e. The Bertz CT molecular complexity index is 910. The molecule has 0 aromatic heterocycles. The Labute approximate surface area is 166 Å². The molecule has 0 fully saturated rings. The SMILES string of the molecule is CC(C)(C)c1ccc([C@H](CC(=O)c2ccc(F)cc2)Nc2ccccc2)cc1. The molecule has 0 amide bonds. The third-order valence-electron chi connectivity index (χ3n) is 4.85. The summed E-state index contributed by atoms with van der Waals surface area (Å²) in [6, 6.07) is 23.8. The van der Waals surface area contributed by atoms with Crippen LogP contribution in [0.1, 0.15) is 54.7 Å². The fourth-order valence-corrected chi connectivity index (χ4v) is 3.14. The number of carbonyl (C=O) groups excluding carboxylic acids is 1. The van der Waals surface area contributed by atoms with Gasteiger partial charge in [-0.15, -0.1) is 0 Å². The minimum absolute atomic E-state index is 0.0201. The van der Waals surface area contributed by atoms with Gasteiger partial charge in [0.05, 0.1) is 6.04 Å². The number of Topliss-reactive ketones (excluding diaryl/α,β-unsaturated/α-hetero) is 1. The lowest BCUT2D eigenvalue weighted by atomic mass is 9.86. The predicted octanol–water partition coefficient (Wildman–Crippen LogP) is 6.55. The summed E-state index contributed by atoms with van der Waals surface area (Å²) in [6.07, 6.45) is 0.287. The maximum absolute atomic E-state index is 13.2. The maximum atomic E-state index is 13.2. The second-order valence-corrected chi connectivity index (χ2v) is 8.07. The van der Waals surface area contributed by atoms with Crippen LogP contribution in [0.5, 0.6) is 0 Å². The first kappa shape index (κ1) is 19.8. The Hall–Kier alpha value is -2.94. The minimum Gasteiger partial charge on any atom is -0.378 e.